The summed E-state index contributed by atoms with van der Waals surface area (Å²) in [6.07, 6.45) is 59.5. The Hall–Kier alpha value is -1.94. The lowest BCUT2D eigenvalue weighted by Crippen LogP contribution is -2.30. The molecule has 0 saturated carbocycles. The normalized spacial score (nSPS) is 13.9. The van der Waals surface area contributed by atoms with Crippen molar-refractivity contribution >= 4 is 39.5 Å². The second-order valence-electron chi connectivity index (χ2n) is 28.2. The van der Waals surface area contributed by atoms with Gasteiger partial charge >= 0.3 is 39.5 Å². The highest BCUT2D eigenvalue weighted by atomic mass is 31.2. The molecule has 0 aliphatic heterocycles. The van der Waals surface area contributed by atoms with Crippen molar-refractivity contribution in [3.8, 4) is 0 Å². The molecule has 0 rings (SSSR count). The summed E-state index contributed by atoms with van der Waals surface area (Å²) in [4.78, 5) is 72.8. The molecule has 0 fully saturated rings. The third-order valence-electron chi connectivity index (χ3n) is 18.0. The minimum atomic E-state index is -4.96. The summed E-state index contributed by atoms with van der Waals surface area (Å²) in [5, 5.41) is 10.6. The van der Waals surface area contributed by atoms with Crippen LogP contribution in [0.15, 0.2) is 0 Å². The Morgan fingerprint density at radius 2 is 0.479 bits per heavy atom. The van der Waals surface area contributed by atoms with Gasteiger partial charge in [0.2, 0.25) is 0 Å². The maximum absolute atomic E-state index is 13.1. The summed E-state index contributed by atoms with van der Waals surface area (Å²) >= 11 is 0. The van der Waals surface area contributed by atoms with Crippen LogP contribution in [-0.2, 0) is 65.4 Å². The zero-order chi connectivity index (χ0) is 70.5. The number of phosphoric ester groups is 2. The van der Waals surface area contributed by atoms with Crippen LogP contribution >= 0.6 is 15.6 Å². The number of carbonyl (C=O) groups excluding carboxylic acids is 4. The van der Waals surface area contributed by atoms with Crippen LogP contribution in [0, 0.1) is 5.92 Å². The molecular formula is C77H150O17P2. The molecule has 5 atom stereocenters. The fraction of sp³-hybridized carbons (Fsp3) is 0.948. The molecule has 0 saturated heterocycles. The van der Waals surface area contributed by atoms with E-state index in [1.165, 1.54) is 231 Å². The second kappa shape index (κ2) is 70.1. The predicted molar refractivity (Wildman–Crippen MR) is 391 cm³/mol. The molecule has 0 aromatic heterocycles. The van der Waals surface area contributed by atoms with Gasteiger partial charge in [-0.3, -0.25) is 37.3 Å². The van der Waals surface area contributed by atoms with Gasteiger partial charge in [-0.15, -0.1) is 0 Å². The number of aliphatic hydroxyl groups is 1. The minimum Gasteiger partial charge on any atom is -0.462 e. The molecule has 0 radical (unpaired) electrons. The first-order chi connectivity index (χ1) is 46.5. The second-order valence-corrected chi connectivity index (χ2v) is 31.1. The van der Waals surface area contributed by atoms with Gasteiger partial charge in [-0.25, -0.2) is 9.13 Å². The van der Waals surface area contributed by atoms with E-state index in [-0.39, 0.29) is 25.7 Å². The number of esters is 4. The molecule has 19 heteroatoms. The van der Waals surface area contributed by atoms with Crippen LogP contribution in [0.3, 0.4) is 0 Å². The van der Waals surface area contributed by atoms with E-state index in [0.29, 0.717) is 25.7 Å². The van der Waals surface area contributed by atoms with Crippen LogP contribution in [0.1, 0.15) is 407 Å². The first-order valence-corrected chi connectivity index (χ1v) is 43.1. The Morgan fingerprint density at radius 1 is 0.281 bits per heavy atom. The van der Waals surface area contributed by atoms with Gasteiger partial charge in [0, 0.05) is 25.7 Å². The van der Waals surface area contributed by atoms with Gasteiger partial charge in [-0.05, 0) is 31.6 Å². The molecule has 0 aliphatic rings. The van der Waals surface area contributed by atoms with Gasteiger partial charge in [-0.2, -0.15) is 0 Å². The van der Waals surface area contributed by atoms with E-state index < -0.39 is 97.5 Å². The molecule has 0 aromatic carbocycles. The van der Waals surface area contributed by atoms with Crippen LogP contribution in [0.5, 0.6) is 0 Å². The highest BCUT2D eigenvalue weighted by Crippen LogP contribution is 2.45. The summed E-state index contributed by atoms with van der Waals surface area (Å²) in [5.41, 5.74) is 0. The van der Waals surface area contributed by atoms with E-state index in [1.54, 1.807) is 0 Å². The van der Waals surface area contributed by atoms with Crippen LogP contribution in [0.25, 0.3) is 0 Å². The smallest absolute Gasteiger partial charge is 0.462 e. The maximum atomic E-state index is 13.1. The fourth-order valence-corrected chi connectivity index (χ4v) is 13.5. The molecule has 0 aromatic rings. The van der Waals surface area contributed by atoms with Crippen molar-refractivity contribution in [2.24, 2.45) is 5.92 Å². The van der Waals surface area contributed by atoms with Crippen LogP contribution < -0.4 is 0 Å². The third-order valence-corrected chi connectivity index (χ3v) is 19.9. The lowest BCUT2D eigenvalue weighted by Gasteiger charge is -2.21. The van der Waals surface area contributed by atoms with E-state index in [0.717, 1.165) is 95.8 Å². The molecular weight excluding hydrogens is 1260 g/mol. The summed E-state index contributed by atoms with van der Waals surface area (Å²) in [5.74, 6) is -1.30. The summed E-state index contributed by atoms with van der Waals surface area (Å²) in [6, 6.07) is 0. The lowest BCUT2D eigenvalue weighted by molar-refractivity contribution is -0.161. The number of carbonyl (C=O) groups is 4. The molecule has 0 amide bonds. The highest BCUT2D eigenvalue weighted by molar-refractivity contribution is 7.47. The highest BCUT2D eigenvalue weighted by Gasteiger charge is 2.30. The van der Waals surface area contributed by atoms with Crippen LogP contribution in [0.4, 0.5) is 0 Å². The third kappa shape index (κ3) is 70.5. The molecule has 96 heavy (non-hydrogen) atoms. The molecule has 0 heterocycles. The molecule has 0 bridgehead atoms. The number of unbranched alkanes of at least 4 members (excludes halogenated alkanes) is 49. The Morgan fingerprint density at radius 3 is 0.708 bits per heavy atom. The SMILES string of the molecule is CCCCCCCCCCCCCCCCCC(=O)OC[C@H](COP(=O)(O)OC[C@@H](O)COP(=O)(O)OC[C@@H](COC(=O)CCCCCCCCCCCC)OC(=O)CCCCCCCCCCCCCC)OC(=O)CCCCCCCCCCCCCCCCCCC(C)C. The Labute approximate surface area is 588 Å². The molecule has 17 nitrogen and oxygen atoms in total. The van der Waals surface area contributed by atoms with E-state index in [2.05, 4.69) is 34.6 Å². The van der Waals surface area contributed by atoms with E-state index >= 15 is 0 Å². The number of hydrogen-bond donors (Lipinski definition) is 3. The van der Waals surface area contributed by atoms with Crippen LogP contribution in [0.2, 0.25) is 0 Å². The monoisotopic (exact) mass is 1410 g/mol. The predicted octanol–water partition coefficient (Wildman–Crippen LogP) is 22.9. The lowest BCUT2D eigenvalue weighted by atomic mass is 10.0. The number of rotatable bonds is 77. The van der Waals surface area contributed by atoms with Gasteiger partial charge < -0.3 is 33.8 Å². The Bertz CT molecular complexity index is 1840. The largest absolute Gasteiger partial charge is 0.472 e. The quantitative estimate of drug-likeness (QED) is 0.0222. The standard InChI is InChI=1S/C77H150O17P2/c1-6-9-12-15-18-21-24-26-29-33-37-41-46-51-56-61-75(80)88-67-73(94-77(82)63-58-53-48-43-38-34-31-28-27-30-32-35-39-44-49-54-59-70(4)5)69-92-96(85,86)90-65-71(78)64-89-95(83,84)91-68-72(66-87-74(79)60-55-50-45-40-23-20-17-14-11-8-3)93-76(81)62-57-52-47-42-36-25-22-19-16-13-10-7-2/h70-73,78H,6-69H2,1-5H3,(H,83,84)(H,85,86)/t71-,72+,73+/m0/s1. The number of phosphoric acid groups is 2. The van der Waals surface area contributed by atoms with Gasteiger partial charge in [-0.1, -0.05) is 356 Å². The Balaban J connectivity index is 5.22. The Kier molecular flexibility index (Phi) is 68.7. The van der Waals surface area contributed by atoms with Gasteiger partial charge in [0.15, 0.2) is 12.2 Å². The molecule has 0 aliphatic carbocycles. The van der Waals surface area contributed by atoms with E-state index in [1.807, 2.05) is 0 Å². The minimum absolute atomic E-state index is 0.108. The van der Waals surface area contributed by atoms with Crippen molar-refractivity contribution < 1.29 is 80.2 Å². The summed E-state index contributed by atoms with van der Waals surface area (Å²) in [6.45, 7) is 7.33. The first-order valence-electron chi connectivity index (χ1n) is 40.1. The average Bonchev–Trinajstić information content (AvgIpc) is 1.21. The molecule has 3 N–H and O–H groups in total. The molecule has 0 spiro atoms. The zero-order valence-electron chi connectivity index (χ0n) is 62.5. The van der Waals surface area contributed by atoms with Crippen molar-refractivity contribution in [1.82, 2.24) is 0 Å². The number of aliphatic hydroxyl groups excluding tert-OH is 1. The van der Waals surface area contributed by atoms with Gasteiger partial charge in [0.25, 0.3) is 0 Å². The van der Waals surface area contributed by atoms with Crippen molar-refractivity contribution in [2.45, 2.75) is 425 Å². The fourth-order valence-electron chi connectivity index (χ4n) is 11.9. The first kappa shape index (κ1) is 94.1. The molecule has 2 unspecified atom stereocenters. The van der Waals surface area contributed by atoms with Crippen molar-refractivity contribution in [1.29, 1.82) is 0 Å². The van der Waals surface area contributed by atoms with Crippen LogP contribution in [-0.4, -0.2) is 96.7 Å². The summed E-state index contributed by atoms with van der Waals surface area (Å²) < 4.78 is 68.5. The van der Waals surface area contributed by atoms with E-state index in [9.17, 15) is 43.2 Å². The average molecular weight is 1410 g/mol. The van der Waals surface area contributed by atoms with E-state index in [4.69, 9.17) is 37.0 Å². The van der Waals surface area contributed by atoms with Crippen molar-refractivity contribution in [3.63, 3.8) is 0 Å². The molecule has 570 valence electrons. The summed E-state index contributed by atoms with van der Waals surface area (Å²) in [7, 11) is -9.91. The van der Waals surface area contributed by atoms with Gasteiger partial charge in [0.1, 0.15) is 19.3 Å². The maximum Gasteiger partial charge on any atom is 0.472 e. The van der Waals surface area contributed by atoms with Gasteiger partial charge in [0.05, 0.1) is 26.4 Å². The number of hydrogen-bond acceptors (Lipinski definition) is 15. The van der Waals surface area contributed by atoms with Crippen molar-refractivity contribution in [3.05, 3.63) is 0 Å². The topological polar surface area (TPSA) is 237 Å². The zero-order valence-corrected chi connectivity index (χ0v) is 64.3. The van der Waals surface area contributed by atoms with Crippen molar-refractivity contribution in [2.75, 3.05) is 39.6 Å². The number of ether oxygens (including phenoxy) is 4.